The average Bonchev–Trinajstić information content (AvgIpc) is 2.54. The number of aromatic nitrogens is 1. The van der Waals surface area contributed by atoms with Crippen LogP contribution in [0.3, 0.4) is 0 Å². The van der Waals surface area contributed by atoms with Gasteiger partial charge in [-0.25, -0.2) is 8.78 Å². The van der Waals surface area contributed by atoms with Crippen LogP contribution in [0.5, 0.6) is 0 Å². The highest BCUT2D eigenvalue weighted by atomic mass is 19.1. The zero-order valence-electron chi connectivity index (χ0n) is 7.24. The number of benzene rings is 1. The van der Waals surface area contributed by atoms with Crippen LogP contribution in [0.4, 0.5) is 14.5 Å². The topological polar surface area (TPSA) is 30.9 Å². The summed E-state index contributed by atoms with van der Waals surface area (Å²) in [5, 5.41) is 0. The van der Waals surface area contributed by atoms with E-state index < -0.39 is 11.6 Å². The molecular weight excluding hydrogens is 186 g/mol. The molecule has 1 heterocycles. The number of hydrogen-bond donors (Lipinski definition) is 1. The first-order chi connectivity index (χ1) is 6.68. The van der Waals surface area contributed by atoms with E-state index in [4.69, 9.17) is 5.73 Å². The zero-order valence-corrected chi connectivity index (χ0v) is 7.24. The Morgan fingerprint density at radius 3 is 2.00 bits per heavy atom. The Kier molecular flexibility index (Phi) is 1.96. The second-order valence-corrected chi connectivity index (χ2v) is 2.92. The minimum Gasteiger partial charge on any atom is -0.399 e. The molecule has 1 aromatic heterocycles. The fourth-order valence-electron chi connectivity index (χ4n) is 1.32. The highest BCUT2D eigenvalue weighted by Crippen LogP contribution is 2.20. The van der Waals surface area contributed by atoms with Crippen molar-refractivity contribution in [3.8, 4) is 5.69 Å². The highest BCUT2D eigenvalue weighted by molar-refractivity contribution is 5.47. The Bertz CT molecular complexity index is 426. The lowest BCUT2D eigenvalue weighted by Gasteiger charge is -2.06. The maximum Gasteiger partial charge on any atom is 0.152 e. The lowest BCUT2D eigenvalue weighted by molar-refractivity contribution is 0.570. The van der Waals surface area contributed by atoms with Crippen molar-refractivity contribution in [2.75, 3.05) is 5.73 Å². The molecule has 0 unspecified atom stereocenters. The first-order valence-electron chi connectivity index (χ1n) is 4.06. The number of nitrogens with zero attached hydrogens (tertiary/aromatic N) is 1. The summed E-state index contributed by atoms with van der Waals surface area (Å²) in [4.78, 5) is 0. The second kappa shape index (κ2) is 3.14. The number of nitrogen functional groups attached to an aromatic ring is 1. The summed E-state index contributed by atoms with van der Waals surface area (Å²) in [6.45, 7) is 0. The Morgan fingerprint density at radius 1 is 1.00 bits per heavy atom. The molecule has 0 aliphatic heterocycles. The minimum atomic E-state index is -0.668. The molecule has 2 rings (SSSR count). The maximum absolute atomic E-state index is 13.3. The predicted molar refractivity (Wildman–Crippen MR) is 50.1 cm³/mol. The molecule has 0 saturated heterocycles. The number of anilines is 1. The molecule has 4 heteroatoms. The van der Waals surface area contributed by atoms with E-state index in [2.05, 4.69) is 0 Å². The molecule has 0 amide bonds. The molecule has 0 aliphatic rings. The van der Waals surface area contributed by atoms with Gasteiger partial charge in [0.1, 0.15) is 5.69 Å². The third-order valence-corrected chi connectivity index (χ3v) is 1.90. The van der Waals surface area contributed by atoms with E-state index in [1.165, 1.54) is 4.57 Å². The van der Waals surface area contributed by atoms with Gasteiger partial charge in [0.05, 0.1) is 0 Å². The van der Waals surface area contributed by atoms with E-state index in [9.17, 15) is 8.78 Å². The lowest BCUT2D eigenvalue weighted by atomic mass is 10.2. The van der Waals surface area contributed by atoms with Gasteiger partial charge in [0, 0.05) is 18.1 Å². The molecule has 72 valence electrons. The third kappa shape index (κ3) is 1.35. The second-order valence-electron chi connectivity index (χ2n) is 2.92. The van der Waals surface area contributed by atoms with Gasteiger partial charge in [0.15, 0.2) is 11.6 Å². The summed E-state index contributed by atoms with van der Waals surface area (Å²) in [5.41, 5.74) is 5.26. The largest absolute Gasteiger partial charge is 0.399 e. The average molecular weight is 194 g/mol. The van der Waals surface area contributed by atoms with E-state index in [-0.39, 0.29) is 11.4 Å². The Hall–Kier alpha value is -1.84. The summed E-state index contributed by atoms with van der Waals surface area (Å²) < 4.78 is 28.0. The fourth-order valence-corrected chi connectivity index (χ4v) is 1.32. The van der Waals surface area contributed by atoms with Gasteiger partial charge in [-0.2, -0.15) is 0 Å². The zero-order chi connectivity index (χ0) is 10.1. The Balaban J connectivity index is 2.64. The highest BCUT2D eigenvalue weighted by Gasteiger charge is 2.10. The lowest BCUT2D eigenvalue weighted by Crippen LogP contribution is -2.00. The quantitative estimate of drug-likeness (QED) is 0.694. The predicted octanol–water partition coefficient (Wildman–Crippen LogP) is 2.34. The molecule has 1 aromatic carbocycles. The van der Waals surface area contributed by atoms with E-state index in [0.717, 1.165) is 12.1 Å². The summed E-state index contributed by atoms with van der Waals surface area (Å²) in [6, 6.07) is 5.57. The first kappa shape index (κ1) is 8.74. The van der Waals surface area contributed by atoms with Crippen LogP contribution in [-0.4, -0.2) is 4.57 Å². The van der Waals surface area contributed by atoms with Crippen molar-refractivity contribution in [3.05, 3.63) is 48.3 Å². The number of hydrogen-bond acceptors (Lipinski definition) is 1. The van der Waals surface area contributed by atoms with Crippen molar-refractivity contribution < 1.29 is 8.78 Å². The van der Waals surface area contributed by atoms with Crippen LogP contribution in [0.15, 0.2) is 36.7 Å². The normalized spacial score (nSPS) is 10.4. The third-order valence-electron chi connectivity index (χ3n) is 1.90. The molecule has 14 heavy (non-hydrogen) atoms. The van der Waals surface area contributed by atoms with E-state index >= 15 is 0 Å². The van der Waals surface area contributed by atoms with Crippen molar-refractivity contribution >= 4 is 5.69 Å². The van der Waals surface area contributed by atoms with Crippen LogP contribution < -0.4 is 5.73 Å². The summed E-state index contributed by atoms with van der Waals surface area (Å²) in [6.07, 6.45) is 3.13. The van der Waals surface area contributed by atoms with E-state index in [1.807, 2.05) is 0 Å². The summed E-state index contributed by atoms with van der Waals surface area (Å²) >= 11 is 0. The van der Waals surface area contributed by atoms with Crippen LogP contribution in [0.25, 0.3) is 5.69 Å². The molecule has 0 spiro atoms. The summed E-state index contributed by atoms with van der Waals surface area (Å²) in [7, 11) is 0. The number of nitrogens with two attached hydrogens (primary N) is 1. The van der Waals surface area contributed by atoms with Crippen LogP contribution in [-0.2, 0) is 0 Å². The molecule has 0 bridgehead atoms. The van der Waals surface area contributed by atoms with Crippen molar-refractivity contribution in [2.24, 2.45) is 0 Å². The Morgan fingerprint density at radius 2 is 1.50 bits per heavy atom. The van der Waals surface area contributed by atoms with Crippen molar-refractivity contribution in [1.82, 2.24) is 4.57 Å². The SMILES string of the molecule is Nc1cc(F)c(-n2cccc2)c(F)c1. The molecule has 2 nitrogen and oxygen atoms in total. The van der Waals surface area contributed by atoms with Gasteiger partial charge in [-0.15, -0.1) is 0 Å². The maximum atomic E-state index is 13.3. The first-order valence-corrected chi connectivity index (χ1v) is 4.06. The number of halogens is 2. The van der Waals surface area contributed by atoms with Crippen molar-refractivity contribution in [3.63, 3.8) is 0 Å². The van der Waals surface area contributed by atoms with Crippen LogP contribution in [0, 0.1) is 11.6 Å². The molecule has 0 saturated carbocycles. The van der Waals surface area contributed by atoms with Crippen molar-refractivity contribution in [1.29, 1.82) is 0 Å². The van der Waals surface area contributed by atoms with Gasteiger partial charge in [0.2, 0.25) is 0 Å². The Labute approximate surface area is 79.6 Å². The van der Waals surface area contributed by atoms with Crippen molar-refractivity contribution in [2.45, 2.75) is 0 Å². The number of rotatable bonds is 1. The van der Waals surface area contributed by atoms with Crippen LogP contribution >= 0.6 is 0 Å². The van der Waals surface area contributed by atoms with Gasteiger partial charge >= 0.3 is 0 Å². The van der Waals surface area contributed by atoms with Gasteiger partial charge in [0.25, 0.3) is 0 Å². The smallest absolute Gasteiger partial charge is 0.152 e. The standard InChI is InChI=1S/C10H8F2N2/c11-8-5-7(13)6-9(12)10(8)14-3-1-2-4-14/h1-6H,13H2. The van der Waals surface area contributed by atoms with Crippen LogP contribution in [0.1, 0.15) is 0 Å². The van der Waals surface area contributed by atoms with E-state index in [1.54, 1.807) is 24.5 Å². The molecular formula is C10H8F2N2. The van der Waals surface area contributed by atoms with Gasteiger partial charge < -0.3 is 10.3 Å². The van der Waals surface area contributed by atoms with Gasteiger partial charge in [-0.05, 0) is 24.3 Å². The van der Waals surface area contributed by atoms with Gasteiger partial charge in [-0.3, -0.25) is 0 Å². The molecule has 0 radical (unpaired) electrons. The summed E-state index contributed by atoms with van der Waals surface area (Å²) in [5.74, 6) is -1.34. The molecule has 0 fully saturated rings. The van der Waals surface area contributed by atoms with E-state index in [0.29, 0.717) is 0 Å². The molecule has 2 aromatic rings. The van der Waals surface area contributed by atoms with Crippen LogP contribution in [0.2, 0.25) is 0 Å². The molecule has 0 aliphatic carbocycles. The minimum absolute atomic E-state index is 0.0795. The monoisotopic (exact) mass is 194 g/mol. The molecule has 0 atom stereocenters. The molecule has 2 N–H and O–H groups in total. The fraction of sp³-hybridized carbons (Fsp3) is 0. The van der Waals surface area contributed by atoms with Gasteiger partial charge in [-0.1, -0.05) is 0 Å².